The van der Waals surface area contributed by atoms with Crippen LogP contribution in [0.5, 0.6) is 0 Å². The van der Waals surface area contributed by atoms with E-state index < -0.39 is 11.2 Å². The molecule has 16 heavy (non-hydrogen) atoms. The first-order valence-electron chi connectivity index (χ1n) is 6.38. The predicted octanol–water partition coefficient (Wildman–Crippen LogP) is 3.37. The van der Waals surface area contributed by atoms with Crippen LogP contribution in [-0.2, 0) is 4.65 Å². The topological polar surface area (TPSA) is 29.5 Å². The molecule has 0 bridgehead atoms. The summed E-state index contributed by atoms with van der Waals surface area (Å²) >= 11 is 0. The minimum Gasteiger partial charge on any atom is -0.399 e. The summed E-state index contributed by atoms with van der Waals surface area (Å²) in [6.07, 6.45) is 7.24. The van der Waals surface area contributed by atoms with Crippen LogP contribution in [0.15, 0.2) is 0 Å². The highest BCUT2D eigenvalue weighted by Crippen LogP contribution is 2.24. The maximum Gasteiger partial charge on any atom is 0.298 e. The van der Waals surface area contributed by atoms with Gasteiger partial charge in [-0.05, 0) is 13.8 Å². The van der Waals surface area contributed by atoms with Crippen molar-refractivity contribution in [2.45, 2.75) is 77.3 Å². The Morgan fingerprint density at radius 3 is 2.19 bits per heavy atom. The van der Waals surface area contributed by atoms with E-state index in [1.54, 1.807) is 28.3 Å². The number of aliphatic hydroxyl groups is 1. The molecule has 0 spiro atoms. The fraction of sp³-hybridized carbons (Fsp3) is 0.923. The second kappa shape index (κ2) is 7.23. The molecule has 2 nitrogen and oxygen atoms in total. The van der Waals surface area contributed by atoms with Crippen LogP contribution >= 0.6 is 0 Å². The van der Waals surface area contributed by atoms with Crippen molar-refractivity contribution in [1.82, 2.24) is 0 Å². The molecule has 0 heterocycles. The zero-order valence-corrected chi connectivity index (χ0v) is 11.4. The molecule has 1 N–H and O–H groups in total. The highest BCUT2D eigenvalue weighted by Gasteiger charge is 2.42. The molecule has 0 aliphatic heterocycles. The van der Waals surface area contributed by atoms with Crippen LogP contribution in [0.2, 0.25) is 6.32 Å². The molecule has 0 aromatic carbocycles. The molecule has 1 atom stereocenters. The Morgan fingerprint density at radius 2 is 1.69 bits per heavy atom. The van der Waals surface area contributed by atoms with Crippen molar-refractivity contribution in [1.29, 1.82) is 0 Å². The quantitative estimate of drug-likeness (QED) is 0.371. The summed E-state index contributed by atoms with van der Waals surface area (Å²) in [5.41, 5.74) is -1.69. The summed E-state index contributed by atoms with van der Waals surface area (Å²) < 4.78 is 5.51. The maximum atomic E-state index is 9.81. The Bertz CT molecular complexity index is 173. The Morgan fingerprint density at radius 1 is 1.12 bits per heavy atom. The van der Waals surface area contributed by atoms with E-state index in [-0.39, 0.29) is 0 Å². The van der Waals surface area contributed by atoms with Gasteiger partial charge in [-0.3, -0.25) is 0 Å². The number of hydrogen-bond donors (Lipinski definition) is 1. The molecule has 0 amide bonds. The normalized spacial score (nSPS) is 15.8. The summed E-state index contributed by atoms with van der Waals surface area (Å²) in [5.74, 6) is 0. The van der Waals surface area contributed by atoms with Gasteiger partial charge in [0.1, 0.15) is 5.60 Å². The Labute approximate surface area is 102 Å². The van der Waals surface area contributed by atoms with Gasteiger partial charge in [0.25, 0.3) is 7.48 Å². The monoisotopic (exact) mass is 226 g/mol. The van der Waals surface area contributed by atoms with Crippen LogP contribution in [0.4, 0.5) is 0 Å². The van der Waals surface area contributed by atoms with E-state index >= 15 is 0 Å². The molecule has 3 heteroatoms. The zero-order chi connectivity index (χ0) is 12.7. The molecule has 0 aliphatic carbocycles. The van der Waals surface area contributed by atoms with Crippen LogP contribution in [0.25, 0.3) is 0 Å². The molecule has 93 valence electrons. The second-order valence-electron chi connectivity index (χ2n) is 5.28. The standard InChI is InChI=1S/C13H27BO2/c1-6-7-8-9-10-11-14-16-13(4,5)12(2,3)15/h15H,4,6-11H2,1-3,5H3/q+1. The van der Waals surface area contributed by atoms with E-state index in [4.69, 9.17) is 4.65 Å². The van der Waals surface area contributed by atoms with Crippen LogP contribution in [0, 0.1) is 6.92 Å². The third-order valence-corrected chi connectivity index (χ3v) is 3.06. The van der Waals surface area contributed by atoms with Crippen molar-refractivity contribution in [3.05, 3.63) is 6.92 Å². The van der Waals surface area contributed by atoms with Crippen molar-refractivity contribution in [3.63, 3.8) is 0 Å². The minimum atomic E-state index is -0.925. The van der Waals surface area contributed by atoms with Gasteiger partial charge in [0, 0.05) is 6.92 Å². The van der Waals surface area contributed by atoms with E-state index in [9.17, 15) is 5.11 Å². The third-order valence-electron chi connectivity index (χ3n) is 3.06. The molecule has 1 radical (unpaired) electrons. The van der Waals surface area contributed by atoms with E-state index in [1.165, 1.54) is 25.7 Å². The number of rotatable bonds is 9. The lowest BCUT2D eigenvalue weighted by molar-refractivity contribution is -0.0739. The van der Waals surface area contributed by atoms with Gasteiger partial charge in [0.05, 0.1) is 6.92 Å². The SMILES string of the molecule is [CH2+]C(C)(O[B]CCCCCCC)C(C)(C)O. The van der Waals surface area contributed by atoms with Crippen molar-refractivity contribution in [2.24, 2.45) is 0 Å². The van der Waals surface area contributed by atoms with Crippen LogP contribution in [0.1, 0.15) is 59.8 Å². The Hall–Kier alpha value is -0.145. The fourth-order valence-corrected chi connectivity index (χ4v) is 1.22. The van der Waals surface area contributed by atoms with E-state index in [0.29, 0.717) is 0 Å². The zero-order valence-electron chi connectivity index (χ0n) is 11.4. The van der Waals surface area contributed by atoms with Crippen LogP contribution in [-0.4, -0.2) is 23.8 Å². The number of hydrogen-bond acceptors (Lipinski definition) is 2. The summed E-state index contributed by atoms with van der Waals surface area (Å²) in [5, 5.41) is 9.81. The van der Waals surface area contributed by atoms with E-state index in [0.717, 1.165) is 12.7 Å². The minimum absolute atomic E-state index is 0.767. The highest BCUT2D eigenvalue weighted by atomic mass is 16.5. The average Bonchev–Trinajstić information content (AvgIpc) is 2.14. The van der Waals surface area contributed by atoms with Crippen LogP contribution < -0.4 is 0 Å². The first kappa shape index (κ1) is 15.9. The second-order valence-corrected chi connectivity index (χ2v) is 5.28. The van der Waals surface area contributed by atoms with Crippen molar-refractivity contribution in [2.75, 3.05) is 0 Å². The maximum absolute atomic E-state index is 9.81. The fourth-order valence-electron chi connectivity index (χ4n) is 1.22. The van der Waals surface area contributed by atoms with Crippen LogP contribution in [0.3, 0.4) is 0 Å². The lowest BCUT2D eigenvalue weighted by Gasteiger charge is -2.31. The summed E-state index contributed by atoms with van der Waals surface area (Å²) in [6.45, 7) is 11.3. The van der Waals surface area contributed by atoms with Gasteiger partial charge in [0.15, 0.2) is 0 Å². The molecule has 1 unspecified atom stereocenters. The van der Waals surface area contributed by atoms with E-state index in [2.05, 4.69) is 13.8 Å². The predicted molar refractivity (Wildman–Crippen MR) is 70.5 cm³/mol. The summed E-state index contributed by atoms with van der Waals surface area (Å²) in [7, 11) is 1.79. The van der Waals surface area contributed by atoms with Crippen molar-refractivity contribution in [3.8, 4) is 0 Å². The Kier molecular flexibility index (Phi) is 7.17. The van der Waals surface area contributed by atoms with Crippen molar-refractivity contribution >= 4 is 7.48 Å². The highest BCUT2D eigenvalue weighted by molar-refractivity contribution is 6.27. The van der Waals surface area contributed by atoms with Gasteiger partial charge in [-0.25, -0.2) is 0 Å². The summed E-state index contributed by atoms with van der Waals surface area (Å²) in [4.78, 5) is 0. The molecular formula is C13H27BO2+. The average molecular weight is 226 g/mol. The smallest absolute Gasteiger partial charge is 0.298 e. The first-order valence-corrected chi connectivity index (χ1v) is 6.38. The molecule has 0 saturated heterocycles. The molecule has 0 aromatic heterocycles. The van der Waals surface area contributed by atoms with Gasteiger partial charge in [0.2, 0.25) is 5.60 Å². The van der Waals surface area contributed by atoms with E-state index in [1.807, 2.05) is 0 Å². The molecule has 0 aromatic rings. The molecule has 0 aliphatic rings. The largest absolute Gasteiger partial charge is 0.399 e. The van der Waals surface area contributed by atoms with Gasteiger partial charge >= 0.3 is 0 Å². The first-order chi connectivity index (χ1) is 7.31. The van der Waals surface area contributed by atoms with Gasteiger partial charge < -0.3 is 9.76 Å². The molecule has 0 saturated carbocycles. The molecular weight excluding hydrogens is 199 g/mol. The molecule has 0 rings (SSSR count). The lowest BCUT2D eigenvalue weighted by Crippen LogP contribution is -2.48. The Balaban J connectivity index is 3.51. The number of unbranched alkanes of at least 4 members (excludes halogenated alkanes) is 4. The third kappa shape index (κ3) is 6.44. The van der Waals surface area contributed by atoms with Gasteiger partial charge in [-0.15, -0.1) is 0 Å². The molecule has 0 fully saturated rings. The lowest BCUT2D eigenvalue weighted by atomic mass is 9.84. The van der Waals surface area contributed by atoms with Crippen molar-refractivity contribution < 1.29 is 9.76 Å². The van der Waals surface area contributed by atoms with Gasteiger partial charge in [-0.1, -0.05) is 45.3 Å². The summed E-state index contributed by atoms with van der Waals surface area (Å²) in [6, 6.07) is 0. The van der Waals surface area contributed by atoms with Gasteiger partial charge in [-0.2, -0.15) is 0 Å².